The summed E-state index contributed by atoms with van der Waals surface area (Å²) < 4.78 is 66.8. The molecule has 0 radical (unpaired) electrons. The average Bonchev–Trinajstić information content (AvgIpc) is 2.77. The molecule has 1 aromatic carbocycles. The van der Waals surface area contributed by atoms with Gasteiger partial charge in [-0.1, -0.05) is 13.3 Å². The fraction of sp³-hybridized carbons (Fsp3) is 0.250. The second kappa shape index (κ2) is 5.10. The minimum absolute atomic E-state index is 0.0363. The molecule has 0 bridgehead atoms. The van der Waals surface area contributed by atoms with Crippen molar-refractivity contribution in [2.45, 2.75) is 19.8 Å². The van der Waals surface area contributed by atoms with E-state index < -0.39 is 34.6 Å². The molecule has 0 amide bonds. The lowest BCUT2D eigenvalue weighted by atomic mass is 10.0. The second-order valence-corrected chi connectivity index (χ2v) is 4.16. The first kappa shape index (κ1) is 14.3. The number of nitrogen functional groups attached to an aromatic ring is 1. The fourth-order valence-electron chi connectivity index (χ4n) is 1.91. The number of halogens is 5. The lowest BCUT2D eigenvalue weighted by Gasteiger charge is -2.08. The first-order valence-corrected chi connectivity index (χ1v) is 5.74. The maximum absolute atomic E-state index is 13.7. The van der Waals surface area contributed by atoms with Gasteiger partial charge in [0.1, 0.15) is 5.82 Å². The molecule has 20 heavy (non-hydrogen) atoms. The molecule has 1 heterocycles. The lowest BCUT2D eigenvalue weighted by molar-refractivity contribution is 0.381. The van der Waals surface area contributed by atoms with E-state index in [-0.39, 0.29) is 23.5 Å². The molecule has 1 aromatic heterocycles. The molecule has 3 nitrogen and oxygen atoms in total. The number of aromatic nitrogens is 2. The highest BCUT2D eigenvalue weighted by molar-refractivity contribution is 5.69. The minimum atomic E-state index is -2.20. The van der Waals surface area contributed by atoms with Crippen molar-refractivity contribution in [1.82, 2.24) is 10.2 Å². The van der Waals surface area contributed by atoms with E-state index in [4.69, 9.17) is 5.73 Å². The highest BCUT2D eigenvalue weighted by Gasteiger charge is 2.29. The largest absolute Gasteiger partial charge is 0.382 e. The summed E-state index contributed by atoms with van der Waals surface area (Å²) in [4.78, 5) is 0. The van der Waals surface area contributed by atoms with Crippen LogP contribution in [-0.2, 0) is 6.42 Å². The van der Waals surface area contributed by atoms with Crippen LogP contribution in [0.2, 0.25) is 0 Å². The summed E-state index contributed by atoms with van der Waals surface area (Å²) in [7, 11) is 0. The van der Waals surface area contributed by atoms with Gasteiger partial charge in [-0.2, -0.15) is 5.10 Å². The molecule has 3 N–H and O–H groups in total. The van der Waals surface area contributed by atoms with E-state index in [0.717, 1.165) is 0 Å². The Balaban J connectivity index is 2.77. The van der Waals surface area contributed by atoms with Crippen LogP contribution in [0.4, 0.5) is 27.8 Å². The van der Waals surface area contributed by atoms with Gasteiger partial charge in [0, 0.05) is 5.56 Å². The third-order valence-corrected chi connectivity index (χ3v) is 2.86. The number of rotatable bonds is 3. The fourth-order valence-corrected chi connectivity index (χ4v) is 1.91. The summed E-state index contributed by atoms with van der Waals surface area (Å²) in [5.74, 6) is -10.1. The van der Waals surface area contributed by atoms with Gasteiger partial charge >= 0.3 is 0 Å². The molecule has 8 heteroatoms. The van der Waals surface area contributed by atoms with Crippen LogP contribution in [0.25, 0.3) is 11.3 Å². The Morgan fingerprint density at radius 3 is 1.95 bits per heavy atom. The Hall–Kier alpha value is -2.12. The number of anilines is 1. The summed E-state index contributed by atoms with van der Waals surface area (Å²) in [6, 6.07) is 0. The monoisotopic (exact) mass is 291 g/mol. The highest BCUT2D eigenvalue weighted by Crippen LogP contribution is 2.34. The Morgan fingerprint density at radius 2 is 1.45 bits per heavy atom. The zero-order chi connectivity index (χ0) is 15.0. The van der Waals surface area contributed by atoms with Crippen molar-refractivity contribution in [2.75, 3.05) is 5.73 Å². The van der Waals surface area contributed by atoms with Gasteiger partial charge in [0.15, 0.2) is 23.3 Å². The van der Waals surface area contributed by atoms with Crippen LogP contribution in [0.3, 0.4) is 0 Å². The number of hydrogen-bond donors (Lipinski definition) is 2. The first-order valence-electron chi connectivity index (χ1n) is 5.74. The maximum Gasteiger partial charge on any atom is 0.200 e. The Labute approximate surface area is 110 Å². The molecular formula is C12H10F5N3. The van der Waals surface area contributed by atoms with E-state index in [0.29, 0.717) is 6.42 Å². The van der Waals surface area contributed by atoms with Crippen LogP contribution < -0.4 is 5.73 Å². The second-order valence-electron chi connectivity index (χ2n) is 4.16. The van der Waals surface area contributed by atoms with Gasteiger partial charge in [0.2, 0.25) is 5.82 Å². The molecule has 108 valence electrons. The highest BCUT2D eigenvalue weighted by atomic mass is 19.2. The number of H-pyrrole nitrogens is 1. The van der Waals surface area contributed by atoms with Crippen LogP contribution in [0.15, 0.2) is 0 Å². The predicted octanol–water partition coefficient (Wildman–Crippen LogP) is 3.31. The molecule has 0 saturated carbocycles. The molecular weight excluding hydrogens is 281 g/mol. The molecule has 0 unspecified atom stereocenters. The zero-order valence-electron chi connectivity index (χ0n) is 10.3. The lowest BCUT2D eigenvalue weighted by Crippen LogP contribution is -2.05. The van der Waals surface area contributed by atoms with Crippen molar-refractivity contribution in [2.24, 2.45) is 0 Å². The summed E-state index contributed by atoms with van der Waals surface area (Å²) in [5, 5.41) is 5.78. The van der Waals surface area contributed by atoms with Gasteiger partial charge in [-0.05, 0) is 6.42 Å². The zero-order valence-corrected chi connectivity index (χ0v) is 10.3. The Kier molecular flexibility index (Phi) is 3.65. The topological polar surface area (TPSA) is 54.7 Å². The third-order valence-electron chi connectivity index (χ3n) is 2.86. The smallest absolute Gasteiger partial charge is 0.200 e. The van der Waals surface area contributed by atoms with Crippen molar-refractivity contribution in [3.8, 4) is 11.3 Å². The van der Waals surface area contributed by atoms with Gasteiger partial charge in [-0.3, -0.25) is 5.10 Å². The van der Waals surface area contributed by atoms with Crippen molar-refractivity contribution >= 4 is 5.82 Å². The number of nitrogens with zero attached hydrogens (tertiary/aromatic N) is 1. The molecule has 0 aliphatic carbocycles. The molecule has 0 aliphatic heterocycles. The number of nitrogens with two attached hydrogens (primary N) is 1. The number of aromatic amines is 1. The Morgan fingerprint density at radius 1 is 0.950 bits per heavy atom. The van der Waals surface area contributed by atoms with Crippen LogP contribution in [-0.4, -0.2) is 10.2 Å². The minimum Gasteiger partial charge on any atom is -0.382 e. The van der Waals surface area contributed by atoms with Crippen molar-refractivity contribution in [1.29, 1.82) is 0 Å². The van der Waals surface area contributed by atoms with E-state index >= 15 is 0 Å². The van der Waals surface area contributed by atoms with E-state index in [9.17, 15) is 22.0 Å². The van der Waals surface area contributed by atoms with Gasteiger partial charge in [0.05, 0.1) is 11.3 Å². The SMILES string of the molecule is CCCc1c(N)n[nH]c1-c1c(F)c(F)c(F)c(F)c1F. The van der Waals surface area contributed by atoms with Crippen LogP contribution in [0.5, 0.6) is 0 Å². The van der Waals surface area contributed by atoms with E-state index in [1.54, 1.807) is 6.92 Å². The summed E-state index contributed by atoms with van der Waals surface area (Å²) in [6.45, 7) is 1.77. The molecule has 2 rings (SSSR count). The van der Waals surface area contributed by atoms with Crippen molar-refractivity contribution in [3.63, 3.8) is 0 Å². The first-order chi connectivity index (χ1) is 9.40. The molecule has 0 spiro atoms. The molecule has 0 fully saturated rings. The van der Waals surface area contributed by atoms with Crippen LogP contribution >= 0.6 is 0 Å². The number of benzene rings is 1. The standard InChI is InChI=1S/C12H10F5N3/c1-2-3-4-11(19-20-12(4)18)5-6(13)8(15)10(17)9(16)7(5)14/h2-3H2,1H3,(H3,18,19,20). The summed E-state index contributed by atoms with van der Waals surface area (Å²) in [5.41, 5.74) is 4.40. The average molecular weight is 291 g/mol. The number of hydrogen-bond acceptors (Lipinski definition) is 2. The summed E-state index contributed by atoms with van der Waals surface area (Å²) in [6.07, 6.45) is 0.850. The third kappa shape index (κ3) is 2.00. The molecule has 0 atom stereocenters. The number of nitrogens with one attached hydrogen (secondary N) is 1. The van der Waals surface area contributed by atoms with Gasteiger partial charge in [-0.25, -0.2) is 22.0 Å². The van der Waals surface area contributed by atoms with Crippen molar-refractivity contribution < 1.29 is 22.0 Å². The maximum atomic E-state index is 13.7. The van der Waals surface area contributed by atoms with Crippen molar-refractivity contribution in [3.05, 3.63) is 34.6 Å². The van der Waals surface area contributed by atoms with Gasteiger partial charge in [-0.15, -0.1) is 0 Å². The van der Waals surface area contributed by atoms with Gasteiger partial charge in [0.25, 0.3) is 0 Å². The predicted molar refractivity (Wildman–Crippen MR) is 62.2 cm³/mol. The normalized spacial score (nSPS) is 11.1. The van der Waals surface area contributed by atoms with Crippen LogP contribution in [0.1, 0.15) is 18.9 Å². The molecule has 0 aliphatic rings. The van der Waals surface area contributed by atoms with Crippen LogP contribution in [0, 0.1) is 29.1 Å². The van der Waals surface area contributed by atoms with Gasteiger partial charge < -0.3 is 5.73 Å². The quantitative estimate of drug-likeness (QED) is 0.518. The molecule has 0 saturated heterocycles. The Bertz CT molecular complexity index is 637. The van der Waals surface area contributed by atoms with E-state index in [2.05, 4.69) is 10.2 Å². The summed E-state index contributed by atoms with van der Waals surface area (Å²) >= 11 is 0. The van der Waals surface area contributed by atoms with E-state index in [1.165, 1.54) is 0 Å². The van der Waals surface area contributed by atoms with E-state index in [1.807, 2.05) is 0 Å². The molecule has 2 aromatic rings.